The van der Waals surface area contributed by atoms with E-state index < -0.39 is 28.5 Å². The number of ether oxygens (including phenoxy) is 4. The van der Waals surface area contributed by atoms with Crippen molar-refractivity contribution in [1.82, 2.24) is 4.90 Å². The molecule has 4 aromatic rings. The molecule has 1 heterocycles. The molecule has 4 aromatic carbocycles. The number of non-ortho nitro benzene ring substituents is 1. The highest BCUT2D eigenvalue weighted by Crippen LogP contribution is 2.62. The summed E-state index contributed by atoms with van der Waals surface area (Å²) in [5.74, 6) is -1.30. The zero-order chi connectivity index (χ0) is 53.9. The van der Waals surface area contributed by atoms with Crippen LogP contribution >= 0.6 is 0 Å². The Kier molecular flexibility index (Phi) is 21.6. The number of methoxy groups -OCH3 is 1. The summed E-state index contributed by atoms with van der Waals surface area (Å²) in [5, 5.41) is 36.6. The topological polar surface area (TPSA) is 179 Å². The molecular weight excluding hydrogens is 970 g/mol. The molecule has 0 aromatic heterocycles. The summed E-state index contributed by atoms with van der Waals surface area (Å²) < 4.78 is 41.2. The van der Waals surface area contributed by atoms with Crippen LogP contribution in [0.25, 0.3) is 0 Å². The van der Waals surface area contributed by atoms with E-state index >= 15 is 4.79 Å². The van der Waals surface area contributed by atoms with E-state index in [1.54, 1.807) is 48.5 Å². The third-order valence-electron chi connectivity index (χ3n) is 15.2. The standard InChI is InChI=1S/C61H76FN3O11/c1-4-6-7-8-9-10-11-12-13-20-58(69)64(40-43-21-25-47(62)26-22-43)57-39-54(63-74-42-44-23-27-48(28-24-44)65(70)71)52-37-45(18-14-16-33-66)51(19-15-17-34-67)59-53-38-50(75-49-29-31-55(72-3)46(36-49)41-68)30-32-56(53)76-61(57,60(52)59)73-35-5-2/h5,21-32,36-38,41,45,51,57,59-60,66-67H,2,4,6-20,33-35,39-40,42H2,1,3H3. The van der Waals surface area contributed by atoms with Gasteiger partial charge in [0.25, 0.3) is 5.69 Å². The van der Waals surface area contributed by atoms with Crippen LogP contribution in [0.5, 0.6) is 23.0 Å². The summed E-state index contributed by atoms with van der Waals surface area (Å²) in [6.07, 6.45) is 18.9. The third kappa shape index (κ3) is 14.3. The van der Waals surface area contributed by atoms with Gasteiger partial charge in [0, 0.05) is 56.2 Å². The molecule has 0 radical (unpaired) electrons. The van der Waals surface area contributed by atoms with Crippen molar-refractivity contribution in [3.05, 3.63) is 147 Å². The van der Waals surface area contributed by atoms with E-state index in [2.05, 4.69) is 19.6 Å². The van der Waals surface area contributed by atoms with Gasteiger partial charge in [0.05, 0.1) is 35.8 Å². The predicted molar refractivity (Wildman–Crippen MR) is 290 cm³/mol. The van der Waals surface area contributed by atoms with E-state index in [1.807, 2.05) is 23.1 Å². The number of hydrogen-bond donors (Lipinski definition) is 2. The van der Waals surface area contributed by atoms with Crippen LogP contribution < -0.4 is 14.2 Å². The molecule has 3 aliphatic rings. The molecule has 0 bridgehead atoms. The number of hydrogen-bond acceptors (Lipinski definition) is 12. The van der Waals surface area contributed by atoms with Crippen LogP contribution in [0.2, 0.25) is 0 Å². The third-order valence-corrected chi connectivity index (χ3v) is 15.2. The molecule has 1 aliphatic heterocycles. The average molecular weight is 1050 g/mol. The number of oxime groups is 1. The molecule has 14 nitrogen and oxygen atoms in total. The molecule has 6 unspecified atom stereocenters. The number of aliphatic hydroxyl groups excluding tert-OH is 2. The lowest BCUT2D eigenvalue weighted by atomic mass is 9.55. The largest absolute Gasteiger partial charge is 0.496 e. The minimum Gasteiger partial charge on any atom is -0.496 e. The van der Waals surface area contributed by atoms with Gasteiger partial charge in [0.2, 0.25) is 11.7 Å². The van der Waals surface area contributed by atoms with Crippen molar-refractivity contribution < 1.29 is 52.9 Å². The maximum Gasteiger partial charge on any atom is 0.269 e. The Morgan fingerprint density at radius 3 is 2.22 bits per heavy atom. The highest BCUT2D eigenvalue weighted by atomic mass is 19.1. The van der Waals surface area contributed by atoms with Crippen LogP contribution in [-0.4, -0.2) is 76.7 Å². The number of amides is 1. The molecule has 2 N–H and O–H groups in total. The van der Waals surface area contributed by atoms with E-state index in [4.69, 9.17) is 28.9 Å². The van der Waals surface area contributed by atoms with Crippen molar-refractivity contribution in [1.29, 1.82) is 0 Å². The Morgan fingerprint density at radius 1 is 0.882 bits per heavy atom. The molecule has 0 saturated heterocycles. The first kappa shape index (κ1) is 57.3. The number of rotatable bonds is 32. The zero-order valence-electron chi connectivity index (χ0n) is 44.3. The lowest BCUT2D eigenvalue weighted by Gasteiger charge is -2.60. The van der Waals surface area contributed by atoms with Gasteiger partial charge < -0.3 is 38.9 Å². The highest BCUT2D eigenvalue weighted by Gasteiger charge is 2.65. The number of aliphatic hydroxyl groups is 2. The van der Waals surface area contributed by atoms with E-state index in [9.17, 15) is 29.5 Å². The normalized spacial score (nSPS) is 20.9. The zero-order valence-corrected chi connectivity index (χ0v) is 44.3. The van der Waals surface area contributed by atoms with Gasteiger partial charge in [0.15, 0.2) is 6.29 Å². The van der Waals surface area contributed by atoms with Crippen LogP contribution in [0.1, 0.15) is 149 Å². The summed E-state index contributed by atoms with van der Waals surface area (Å²) >= 11 is 0. The van der Waals surface area contributed by atoms with Gasteiger partial charge in [-0.15, -0.1) is 6.58 Å². The Morgan fingerprint density at radius 2 is 1.55 bits per heavy atom. The Bertz CT molecular complexity index is 2610. The molecule has 76 heavy (non-hydrogen) atoms. The first-order valence-corrected chi connectivity index (χ1v) is 27.4. The fraction of sp³-hybridized carbons (Fsp3) is 0.492. The van der Waals surface area contributed by atoms with E-state index in [-0.39, 0.29) is 75.2 Å². The lowest BCUT2D eigenvalue weighted by Crippen LogP contribution is -2.70. The highest BCUT2D eigenvalue weighted by molar-refractivity contribution is 6.03. The second-order valence-electron chi connectivity index (χ2n) is 20.3. The average Bonchev–Trinajstić information content (AvgIpc) is 3.62. The number of halogens is 1. The number of fused-ring (bicyclic) bond motifs is 2. The van der Waals surface area contributed by atoms with Gasteiger partial charge in [-0.25, -0.2) is 4.39 Å². The molecule has 15 heteroatoms. The van der Waals surface area contributed by atoms with Gasteiger partial charge in [-0.05, 0) is 121 Å². The maximum absolute atomic E-state index is 15.3. The predicted octanol–water partition coefficient (Wildman–Crippen LogP) is 13.1. The van der Waals surface area contributed by atoms with Crippen molar-refractivity contribution >= 4 is 23.6 Å². The lowest BCUT2D eigenvalue weighted by molar-refractivity contribution is -0.384. The summed E-state index contributed by atoms with van der Waals surface area (Å²) in [7, 11) is 1.50. The molecule has 0 spiro atoms. The van der Waals surface area contributed by atoms with Gasteiger partial charge in [-0.2, -0.15) is 0 Å². The number of aldehydes is 1. The van der Waals surface area contributed by atoms with Gasteiger partial charge in [-0.1, -0.05) is 101 Å². The second-order valence-corrected chi connectivity index (χ2v) is 20.3. The fourth-order valence-corrected chi connectivity index (χ4v) is 11.5. The van der Waals surface area contributed by atoms with Crippen molar-refractivity contribution in [3.63, 3.8) is 0 Å². The van der Waals surface area contributed by atoms with Gasteiger partial charge in [-0.3, -0.25) is 19.7 Å². The number of carbonyl (C=O) groups is 2. The van der Waals surface area contributed by atoms with Crippen molar-refractivity contribution in [2.24, 2.45) is 22.9 Å². The van der Waals surface area contributed by atoms with E-state index in [0.29, 0.717) is 78.2 Å². The van der Waals surface area contributed by atoms with Crippen LogP contribution in [0, 0.1) is 33.7 Å². The minimum absolute atomic E-state index is 0.00337. The van der Waals surface area contributed by atoms with Gasteiger partial charge >= 0.3 is 0 Å². The number of nitro benzene ring substituents is 1. The number of unbranched alkanes of at least 4 members (excludes halogenated alkanes) is 10. The Labute approximate surface area is 447 Å². The first-order valence-electron chi connectivity index (χ1n) is 27.4. The van der Waals surface area contributed by atoms with E-state index in [0.717, 1.165) is 48.8 Å². The van der Waals surface area contributed by atoms with Gasteiger partial charge in [0.1, 0.15) is 41.5 Å². The molecule has 408 valence electrons. The molecule has 2 aliphatic carbocycles. The molecule has 7 rings (SSSR count). The van der Waals surface area contributed by atoms with Crippen LogP contribution in [0.3, 0.4) is 0 Å². The number of allylic oxidation sites excluding steroid dienone is 1. The Balaban J connectivity index is 1.39. The van der Waals surface area contributed by atoms with Crippen LogP contribution in [0.4, 0.5) is 10.1 Å². The number of nitro groups is 1. The number of nitrogens with zero attached hydrogens (tertiary/aromatic N) is 3. The summed E-state index contributed by atoms with van der Waals surface area (Å²) in [4.78, 5) is 46.5. The van der Waals surface area contributed by atoms with Crippen molar-refractivity contribution in [3.8, 4) is 23.0 Å². The molecule has 6 atom stereocenters. The quantitative estimate of drug-likeness (QED) is 0.0156. The SMILES string of the molecule is C=CCOC12Oc3ccc(Oc4ccc(OC)c(C=O)c4)cc3C3C(CCCCO)C(CCCCO)C=C(C(=NOCc4ccc([N+](=O)[O-])cc4)CC1N(Cc1ccc(F)cc1)C(=O)CCCCCCCCCCC)C32. The fourth-order valence-electron chi connectivity index (χ4n) is 11.5. The Hall–Kier alpha value is -6.42. The van der Waals surface area contributed by atoms with Crippen LogP contribution in [-0.2, 0) is 27.5 Å². The molecule has 1 fully saturated rings. The number of carbonyl (C=O) groups excluding carboxylic acids is 2. The summed E-state index contributed by atoms with van der Waals surface area (Å²) in [6.45, 7) is 6.53. The molecular formula is C61H76FN3O11. The maximum atomic E-state index is 15.3. The summed E-state index contributed by atoms with van der Waals surface area (Å²) in [5.41, 5.74) is 3.92. The van der Waals surface area contributed by atoms with E-state index in [1.165, 1.54) is 63.5 Å². The second kappa shape index (κ2) is 28.6. The first-order chi connectivity index (χ1) is 37.1. The monoisotopic (exact) mass is 1050 g/mol. The van der Waals surface area contributed by atoms with Crippen LogP contribution in [0.15, 0.2) is 114 Å². The minimum atomic E-state index is -1.55. The molecule has 1 amide bonds. The summed E-state index contributed by atoms with van der Waals surface area (Å²) in [6, 6.07) is 22.2. The smallest absolute Gasteiger partial charge is 0.269 e. The van der Waals surface area contributed by atoms with Crippen molar-refractivity contribution in [2.75, 3.05) is 26.9 Å². The molecule has 1 saturated carbocycles. The van der Waals surface area contributed by atoms with Crippen molar-refractivity contribution in [2.45, 2.75) is 147 Å². The number of benzene rings is 4.